The van der Waals surface area contributed by atoms with Crippen LogP contribution in [-0.2, 0) is 0 Å². The SMILES string of the molecule is CC1CCC(NCC(O)COc2cc(Cl)ccc2Cl)CC1. The molecule has 0 aromatic heterocycles. The van der Waals surface area contributed by atoms with Gasteiger partial charge in [0.25, 0.3) is 0 Å². The van der Waals surface area contributed by atoms with Crippen LogP contribution in [-0.4, -0.2) is 30.4 Å². The average Bonchev–Trinajstić information content (AvgIpc) is 2.47. The van der Waals surface area contributed by atoms with Crippen molar-refractivity contribution in [2.75, 3.05) is 13.2 Å². The van der Waals surface area contributed by atoms with E-state index in [9.17, 15) is 5.11 Å². The van der Waals surface area contributed by atoms with Crippen LogP contribution in [0.15, 0.2) is 18.2 Å². The van der Waals surface area contributed by atoms with Gasteiger partial charge >= 0.3 is 0 Å². The van der Waals surface area contributed by atoms with Gasteiger partial charge in [-0.1, -0.05) is 30.1 Å². The smallest absolute Gasteiger partial charge is 0.139 e. The minimum atomic E-state index is -0.556. The summed E-state index contributed by atoms with van der Waals surface area (Å²) in [4.78, 5) is 0. The summed E-state index contributed by atoms with van der Waals surface area (Å²) in [5.41, 5.74) is 0. The summed E-state index contributed by atoms with van der Waals surface area (Å²) < 4.78 is 5.53. The maximum Gasteiger partial charge on any atom is 0.139 e. The van der Waals surface area contributed by atoms with Crippen LogP contribution in [0.3, 0.4) is 0 Å². The molecule has 1 aromatic carbocycles. The molecule has 0 saturated heterocycles. The van der Waals surface area contributed by atoms with Crippen LogP contribution in [0.1, 0.15) is 32.6 Å². The number of hydrogen-bond acceptors (Lipinski definition) is 3. The van der Waals surface area contributed by atoms with Crippen LogP contribution >= 0.6 is 23.2 Å². The molecule has 0 amide bonds. The third kappa shape index (κ3) is 5.67. The quantitative estimate of drug-likeness (QED) is 0.830. The van der Waals surface area contributed by atoms with Gasteiger partial charge in [-0.05, 0) is 43.7 Å². The zero-order chi connectivity index (χ0) is 15.2. The van der Waals surface area contributed by atoms with Gasteiger partial charge in [0, 0.05) is 23.7 Å². The summed E-state index contributed by atoms with van der Waals surface area (Å²) in [6.07, 6.45) is 4.36. The lowest BCUT2D eigenvalue weighted by molar-refractivity contribution is 0.101. The Morgan fingerprint density at radius 2 is 2.00 bits per heavy atom. The second kappa shape index (κ2) is 8.23. The van der Waals surface area contributed by atoms with Crippen LogP contribution in [0.5, 0.6) is 5.75 Å². The second-order valence-corrected chi connectivity index (χ2v) is 6.75. The summed E-state index contributed by atoms with van der Waals surface area (Å²) in [6, 6.07) is 5.57. The molecule has 1 atom stereocenters. The summed E-state index contributed by atoms with van der Waals surface area (Å²) in [5, 5.41) is 14.5. The fourth-order valence-electron chi connectivity index (χ4n) is 2.60. The molecule has 1 fully saturated rings. The number of ether oxygens (including phenoxy) is 1. The minimum Gasteiger partial charge on any atom is -0.489 e. The molecule has 5 heteroatoms. The van der Waals surface area contributed by atoms with Gasteiger partial charge in [0.2, 0.25) is 0 Å². The van der Waals surface area contributed by atoms with E-state index in [4.69, 9.17) is 27.9 Å². The maximum absolute atomic E-state index is 9.99. The van der Waals surface area contributed by atoms with Crippen molar-refractivity contribution in [1.29, 1.82) is 0 Å². The average molecular weight is 332 g/mol. The van der Waals surface area contributed by atoms with Crippen LogP contribution in [0.4, 0.5) is 0 Å². The number of nitrogens with one attached hydrogen (secondary N) is 1. The zero-order valence-corrected chi connectivity index (χ0v) is 13.8. The highest BCUT2D eigenvalue weighted by Crippen LogP contribution is 2.27. The normalized spacial score (nSPS) is 23.8. The first-order valence-corrected chi connectivity index (χ1v) is 8.29. The Morgan fingerprint density at radius 3 is 2.71 bits per heavy atom. The summed E-state index contributed by atoms with van der Waals surface area (Å²) >= 11 is 11.9. The fourth-order valence-corrected chi connectivity index (χ4v) is 2.93. The first kappa shape index (κ1) is 16.9. The van der Waals surface area contributed by atoms with Crippen molar-refractivity contribution in [2.45, 2.75) is 44.8 Å². The van der Waals surface area contributed by atoms with Crippen molar-refractivity contribution in [3.8, 4) is 5.75 Å². The number of rotatable bonds is 6. The van der Waals surface area contributed by atoms with Gasteiger partial charge in [-0.25, -0.2) is 0 Å². The fraction of sp³-hybridized carbons (Fsp3) is 0.625. The molecule has 1 aliphatic carbocycles. The lowest BCUT2D eigenvalue weighted by atomic mass is 9.87. The third-order valence-electron chi connectivity index (χ3n) is 3.98. The van der Waals surface area contributed by atoms with E-state index in [0.29, 0.717) is 28.4 Å². The Labute approximate surface area is 136 Å². The lowest BCUT2D eigenvalue weighted by Gasteiger charge is -2.27. The minimum absolute atomic E-state index is 0.205. The van der Waals surface area contributed by atoms with Crippen molar-refractivity contribution in [2.24, 2.45) is 5.92 Å². The molecule has 1 aromatic rings. The molecule has 1 saturated carbocycles. The van der Waals surface area contributed by atoms with Gasteiger partial charge in [0.05, 0.1) is 5.02 Å². The van der Waals surface area contributed by atoms with Crippen molar-refractivity contribution >= 4 is 23.2 Å². The summed E-state index contributed by atoms with van der Waals surface area (Å²) in [7, 11) is 0. The highest BCUT2D eigenvalue weighted by Gasteiger charge is 2.18. The van der Waals surface area contributed by atoms with Gasteiger partial charge in [-0.3, -0.25) is 0 Å². The van der Waals surface area contributed by atoms with Crippen LogP contribution in [0.2, 0.25) is 10.0 Å². The van der Waals surface area contributed by atoms with Crippen LogP contribution < -0.4 is 10.1 Å². The third-order valence-corrected chi connectivity index (χ3v) is 4.53. The molecule has 2 rings (SSSR count). The van der Waals surface area contributed by atoms with E-state index in [1.54, 1.807) is 18.2 Å². The van der Waals surface area contributed by atoms with Gasteiger partial charge < -0.3 is 15.2 Å². The molecular formula is C16H23Cl2NO2. The predicted molar refractivity (Wildman–Crippen MR) is 87.4 cm³/mol. The van der Waals surface area contributed by atoms with E-state index in [2.05, 4.69) is 12.2 Å². The highest BCUT2D eigenvalue weighted by atomic mass is 35.5. The molecule has 0 radical (unpaired) electrons. The number of aliphatic hydroxyl groups is 1. The summed E-state index contributed by atoms with van der Waals surface area (Å²) in [5.74, 6) is 1.34. The van der Waals surface area contributed by atoms with E-state index < -0.39 is 6.10 Å². The number of aliphatic hydroxyl groups excluding tert-OH is 1. The largest absolute Gasteiger partial charge is 0.489 e. The topological polar surface area (TPSA) is 41.5 Å². The molecule has 0 spiro atoms. The molecular weight excluding hydrogens is 309 g/mol. The predicted octanol–water partition coefficient (Wildman–Crippen LogP) is 3.90. The van der Waals surface area contributed by atoms with Gasteiger partial charge in [-0.2, -0.15) is 0 Å². The monoisotopic (exact) mass is 331 g/mol. The number of hydrogen-bond donors (Lipinski definition) is 2. The number of halogens is 2. The number of benzene rings is 1. The molecule has 3 nitrogen and oxygen atoms in total. The van der Waals surface area contributed by atoms with Crippen molar-refractivity contribution in [1.82, 2.24) is 5.32 Å². The van der Waals surface area contributed by atoms with E-state index in [-0.39, 0.29) is 6.61 Å². The highest BCUT2D eigenvalue weighted by molar-refractivity contribution is 6.34. The Hall–Kier alpha value is -0.480. The van der Waals surface area contributed by atoms with Crippen LogP contribution in [0, 0.1) is 5.92 Å². The van der Waals surface area contributed by atoms with Crippen molar-refractivity contribution in [3.05, 3.63) is 28.2 Å². The molecule has 1 unspecified atom stereocenters. The Morgan fingerprint density at radius 1 is 1.29 bits per heavy atom. The molecule has 0 aliphatic heterocycles. The Bertz CT molecular complexity index is 448. The standard InChI is InChI=1S/C16H23Cl2NO2/c1-11-2-5-13(6-3-11)19-9-14(20)10-21-16-8-12(17)4-7-15(16)18/h4,7-8,11,13-14,19-20H,2-3,5-6,9-10H2,1H3. The van der Waals surface area contributed by atoms with E-state index in [1.807, 2.05) is 0 Å². The molecule has 21 heavy (non-hydrogen) atoms. The first-order valence-electron chi connectivity index (χ1n) is 7.54. The Kier molecular flexibility index (Phi) is 6.62. The molecule has 0 bridgehead atoms. The van der Waals surface area contributed by atoms with Gasteiger partial charge in [-0.15, -0.1) is 0 Å². The molecule has 0 heterocycles. The van der Waals surface area contributed by atoms with Crippen molar-refractivity contribution in [3.63, 3.8) is 0 Å². The Balaban J connectivity index is 1.70. The molecule has 2 N–H and O–H groups in total. The summed E-state index contributed by atoms with van der Waals surface area (Å²) in [6.45, 7) is 3.04. The maximum atomic E-state index is 9.99. The molecule has 118 valence electrons. The van der Waals surface area contributed by atoms with Crippen LogP contribution in [0.25, 0.3) is 0 Å². The van der Waals surface area contributed by atoms with E-state index in [1.165, 1.54) is 25.7 Å². The zero-order valence-electron chi connectivity index (χ0n) is 12.3. The first-order chi connectivity index (χ1) is 10.0. The van der Waals surface area contributed by atoms with E-state index in [0.717, 1.165) is 5.92 Å². The molecule has 1 aliphatic rings. The van der Waals surface area contributed by atoms with Crippen molar-refractivity contribution < 1.29 is 9.84 Å². The van der Waals surface area contributed by atoms with Gasteiger partial charge in [0.15, 0.2) is 0 Å². The lowest BCUT2D eigenvalue weighted by Crippen LogP contribution is -2.39. The second-order valence-electron chi connectivity index (χ2n) is 5.90. The van der Waals surface area contributed by atoms with Gasteiger partial charge in [0.1, 0.15) is 18.5 Å². The van der Waals surface area contributed by atoms with E-state index >= 15 is 0 Å².